The number of benzene rings is 1. The molecular formula is C13H16FNO4. The van der Waals surface area contributed by atoms with E-state index < -0.39 is 17.7 Å². The third-order valence-electron chi connectivity index (χ3n) is 2.45. The van der Waals surface area contributed by atoms with Crippen LogP contribution in [0.25, 0.3) is 0 Å². The van der Waals surface area contributed by atoms with Crippen LogP contribution >= 0.6 is 0 Å². The molecule has 0 saturated heterocycles. The van der Waals surface area contributed by atoms with Crippen LogP contribution in [0.15, 0.2) is 18.2 Å². The second-order valence-electron chi connectivity index (χ2n) is 3.84. The number of halogens is 1. The van der Waals surface area contributed by atoms with Crippen molar-refractivity contribution >= 4 is 11.9 Å². The average molecular weight is 269 g/mol. The first-order valence-corrected chi connectivity index (χ1v) is 5.74. The number of methoxy groups -OCH3 is 1. The number of esters is 1. The third kappa shape index (κ3) is 3.94. The fraction of sp³-hybridized carbons (Fsp3) is 0.385. The summed E-state index contributed by atoms with van der Waals surface area (Å²) in [5.74, 6) is -1.70. The molecule has 19 heavy (non-hydrogen) atoms. The number of carbonyl (C=O) groups excluding carboxylic acids is 2. The van der Waals surface area contributed by atoms with Gasteiger partial charge in [0.2, 0.25) is 0 Å². The van der Waals surface area contributed by atoms with E-state index in [2.05, 4.69) is 4.74 Å². The zero-order valence-electron chi connectivity index (χ0n) is 11.1. The lowest BCUT2D eigenvalue weighted by atomic mass is 10.2. The lowest BCUT2D eigenvalue weighted by Gasteiger charge is -2.17. The Labute approximate surface area is 110 Å². The number of ether oxygens (including phenoxy) is 2. The van der Waals surface area contributed by atoms with Crippen LogP contribution < -0.4 is 4.74 Å². The van der Waals surface area contributed by atoms with Crippen LogP contribution in [0.2, 0.25) is 0 Å². The van der Waals surface area contributed by atoms with Crippen molar-refractivity contribution in [2.45, 2.75) is 13.5 Å². The quantitative estimate of drug-likeness (QED) is 0.611. The molecule has 0 radical (unpaired) electrons. The van der Waals surface area contributed by atoms with Gasteiger partial charge in [0, 0.05) is 19.2 Å². The number of carbonyl (C=O) groups is 2. The molecule has 1 aromatic rings. The summed E-state index contributed by atoms with van der Waals surface area (Å²) in [5, 5.41) is 0. The van der Waals surface area contributed by atoms with Gasteiger partial charge in [0.25, 0.3) is 0 Å². The van der Waals surface area contributed by atoms with Gasteiger partial charge in [-0.15, -0.1) is 0 Å². The van der Waals surface area contributed by atoms with Gasteiger partial charge >= 0.3 is 11.9 Å². The lowest BCUT2D eigenvalue weighted by molar-refractivity contribution is -0.159. The van der Waals surface area contributed by atoms with E-state index in [-0.39, 0.29) is 13.2 Å². The number of hydrogen-bond donors (Lipinski definition) is 0. The Morgan fingerprint density at radius 2 is 2.05 bits per heavy atom. The molecule has 0 aliphatic carbocycles. The second kappa shape index (κ2) is 6.72. The van der Waals surface area contributed by atoms with E-state index in [1.807, 2.05) is 0 Å². The SMILES string of the molecule is CCOC(=O)C(=O)N(C)Cc1cc(F)ccc1OC. The topological polar surface area (TPSA) is 55.8 Å². The van der Waals surface area contributed by atoms with Crippen molar-refractivity contribution < 1.29 is 23.5 Å². The van der Waals surface area contributed by atoms with Gasteiger partial charge in [-0.1, -0.05) is 0 Å². The van der Waals surface area contributed by atoms with Gasteiger partial charge in [0.1, 0.15) is 11.6 Å². The summed E-state index contributed by atoms with van der Waals surface area (Å²) in [6, 6.07) is 3.98. The zero-order chi connectivity index (χ0) is 14.4. The summed E-state index contributed by atoms with van der Waals surface area (Å²) >= 11 is 0. The minimum absolute atomic E-state index is 0.0541. The maximum absolute atomic E-state index is 13.2. The smallest absolute Gasteiger partial charge is 0.397 e. The van der Waals surface area contributed by atoms with Crippen LogP contribution in [0.5, 0.6) is 5.75 Å². The Bertz CT molecular complexity index is 476. The molecule has 1 rings (SSSR count). The van der Waals surface area contributed by atoms with Crippen LogP contribution in [0.3, 0.4) is 0 Å². The highest BCUT2D eigenvalue weighted by molar-refractivity contribution is 6.32. The van der Waals surface area contributed by atoms with Gasteiger partial charge in [0.05, 0.1) is 13.7 Å². The number of likely N-dealkylation sites (N-methyl/N-ethyl adjacent to an activating group) is 1. The molecule has 0 heterocycles. The summed E-state index contributed by atoms with van der Waals surface area (Å²) in [6.07, 6.45) is 0. The van der Waals surface area contributed by atoms with E-state index >= 15 is 0 Å². The van der Waals surface area contributed by atoms with E-state index in [9.17, 15) is 14.0 Å². The van der Waals surface area contributed by atoms with Crippen LogP contribution in [0, 0.1) is 5.82 Å². The lowest BCUT2D eigenvalue weighted by Crippen LogP contribution is -2.34. The second-order valence-corrected chi connectivity index (χ2v) is 3.84. The Morgan fingerprint density at radius 1 is 1.37 bits per heavy atom. The van der Waals surface area contributed by atoms with Crippen LogP contribution in [0.4, 0.5) is 4.39 Å². The summed E-state index contributed by atoms with van der Waals surface area (Å²) < 4.78 is 22.8. The molecule has 1 amide bonds. The number of amides is 1. The van der Waals surface area contributed by atoms with Crippen LogP contribution in [-0.4, -0.2) is 37.5 Å². The summed E-state index contributed by atoms with van der Waals surface area (Å²) in [5.41, 5.74) is 0.475. The third-order valence-corrected chi connectivity index (χ3v) is 2.45. The normalized spacial score (nSPS) is 9.89. The molecule has 0 spiro atoms. The number of hydrogen-bond acceptors (Lipinski definition) is 4. The molecule has 0 fully saturated rings. The predicted octanol–water partition coefficient (Wildman–Crippen LogP) is 1.36. The van der Waals surface area contributed by atoms with Gasteiger partial charge in [-0.05, 0) is 25.1 Å². The Kier molecular flexibility index (Phi) is 5.29. The molecular weight excluding hydrogens is 253 g/mol. The standard InChI is InChI=1S/C13H16FNO4/c1-4-19-13(17)12(16)15(2)8-9-7-10(14)5-6-11(9)18-3/h5-7H,4,8H2,1-3H3. The highest BCUT2D eigenvalue weighted by Gasteiger charge is 2.21. The maximum atomic E-state index is 13.2. The Morgan fingerprint density at radius 3 is 2.63 bits per heavy atom. The molecule has 0 unspecified atom stereocenters. The van der Waals surface area contributed by atoms with E-state index in [0.29, 0.717) is 11.3 Å². The molecule has 5 nitrogen and oxygen atoms in total. The predicted molar refractivity (Wildman–Crippen MR) is 66.1 cm³/mol. The maximum Gasteiger partial charge on any atom is 0.397 e. The van der Waals surface area contributed by atoms with E-state index in [0.717, 1.165) is 4.90 Å². The van der Waals surface area contributed by atoms with Crippen LogP contribution in [0.1, 0.15) is 12.5 Å². The first-order chi connectivity index (χ1) is 8.99. The van der Waals surface area contributed by atoms with Crippen molar-refractivity contribution in [2.75, 3.05) is 20.8 Å². The van der Waals surface area contributed by atoms with Gasteiger partial charge < -0.3 is 14.4 Å². The van der Waals surface area contributed by atoms with Crippen molar-refractivity contribution in [1.29, 1.82) is 0 Å². The van der Waals surface area contributed by atoms with Gasteiger partial charge in [-0.3, -0.25) is 4.79 Å². The number of nitrogens with zero attached hydrogens (tertiary/aromatic N) is 1. The molecule has 0 aromatic heterocycles. The molecule has 6 heteroatoms. The molecule has 1 aromatic carbocycles. The average Bonchev–Trinajstić information content (AvgIpc) is 2.38. The van der Waals surface area contributed by atoms with E-state index in [4.69, 9.17) is 4.74 Å². The van der Waals surface area contributed by atoms with Crippen molar-refractivity contribution in [3.05, 3.63) is 29.6 Å². The zero-order valence-corrected chi connectivity index (χ0v) is 11.1. The summed E-state index contributed by atoms with van der Waals surface area (Å²) in [7, 11) is 2.88. The molecule has 0 aliphatic rings. The van der Waals surface area contributed by atoms with Crippen LogP contribution in [-0.2, 0) is 20.9 Å². The van der Waals surface area contributed by atoms with E-state index in [1.54, 1.807) is 6.92 Å². The Balaban J connectivity index is 2.81. The van der Waals surface area contributed by atoms with Gasteiger partial charge in [0.15, 0.2) is 0 Å². The Hall–Kier alpha value is -2.11. The van der Waals surface area contributed by atoms with Crippen molar-refractivity contribution in [3.63, 3.8) is 0 Å². The highest BCUT2D eigenvalue weighted by Crippen LogP contribution is 2.20. The minimum atomic E-state index is -0.930. The molecule has 0 aliphatic heterocycles. The van der Waals surface area contributed by atoms with E-state index in [1.165, 1.54) is 32.4 Å². The summed E-state index contributed by atoms with van der Waals surface area (Å²) in [4.78, 5) is 24.1. The fourth-order valence-electron chi connectivity index (χ4n) is 1.55. The number of rotatable bonds is 4. The molecule has 104 valence electrons. The fourth-order valence-corrected chi connectivity index (χ4v) is 1.55. The molecule has 0 bridgehead atoms. The minimum Gasteiger partial charge on any atom is -0.496 e. The van der Waals surface area contributed by atoms with Crippen molar-refractivity contribution in [1.82, 2.24) is 4.90 Å². The van der Waals surface area contributed by atoms with Gasteiger partial charge in [-0.25, -0.2) is 9.18 Å². The highest BCUT2D eigenvalue weighted by atomic mass is 19.1. The largest absolute Gasteiger partial charge is 0.496 e. The molecule has 0 N–H and O–H groups in total. The first kappa shape index (κ1) is 14.9. The monoisotopic (exact) mass is 269 g/mol. The van der Waals surface area contributed by atoms with Crippen molar-refractivity contribution in [2.24, 2.45) is 0 Å². The summed E-state index contributed by atoms with van der Waals surface area (Å²) in [6.45, 7) is 1.79. The van der Waals surface area contributed by atoms with Gasteiger partial charge in [-0.2, -0.15) is 0 Å². The molecule has 0 saturated carbocycles. The van der Waals surface area contributed by atoms with Crippen molar-refractivity contribution in [3.8, 4) is 5.75 Å². The first-order valence-electron chi connectivity index (χ1n) is 5.74. The molecule has 0 atom stereocenters.